The molecule has 0 aliphatic heterocycles. The van der Waals surface area contributed by atoms with E-state index in [0.29, 0.717) is 0 Å². The lowest BCUT2D eigenvalue weighted by molar-refractivity contribution is -0.140. The van der Waals surface area contributed by atoms with Crippen LogP contribution in [0.3, 0.4) is 0 Å². The fraction of sp³-hybridized carbons (Fsp3) is 0.857. The molecule has 0 saturated heterocycles. The van der Waals surface area contributed by atoms with Crippen LogP contribution in [0.4, 0.5) is 4.39 Å². The fourth-order valence-electron chi connectivity index (χ4n) is 0.689. The molecule has 0 aromatic carbocycles. The summed E-state index contributed by atoms with van der Waals surface area (Å²) < 4.78 is 12.0. The average molecular weight is 163 g/mol. The Balaban J connectivity index is 3.99. The minimum atomic E-state index is -1.15. The van der Waals surface area contributed by atoms with Crippen molar-refractivity contribution in [2.45, 2.75) is 32.4 Å². The lowest BCUT2D eigenvalue weighted by atomic mass is 10.1. The van der Waals surface area contributed by atoms with Gasteiger partial charge in [-0.1, -0.05) is 0 Å². The lowest BCUT2D eigenvalue weighted by Crippen LogP contribution is -2.48. The van der Waals surface area contributed by atoms with E-state index in [1.165, 1.54) is 0 Å². The zero-order valence-electron chi connectivity index (χ0n) is 7.02. The van der Waals surface area contributed by atoms with Gasteiger partial charge >= 0.3 is 5.97 Å². The first-order valence-electron chi connectivity index (χ1n) is 3.43. The zero-order chi connectivity index (χ0) is 9.07. The van der Waals surface area contributed by atoms with Crippen molar-refractivity contribution in [2.24, 2.45) is 0 Å². The quantitative estimate of drug-likeness (QED) is 0.647. The van der Waals surface area contributed by atoms with Crippen molar-refractivity contribution in [3.8, 4) is 0 Å². The van der Waals surface area contributed by atoms with Crippen LogP contribution in [-0.2, 0) is 4.79 Å². The largest absolute Gasteiger partial charge is 0.480 e. The Bertz CT molecular complexity index is 142. The van der Waals surface area contributed by atoms with Crippen molar-refractivity contribution >= 4 is 5.97 Å². The SMILES string of the molecule is CC(C)(C)NC(CF)C(=O)O. The standard InChI is InChI=1S/C7H14FNO2/c1-7(2,3)9-5(4-8)6(10)11/h5,9H,4H2,1-3H3,(H,10,11). The molecule has 2 N–H and O–H groups in total. The first-order valence-corrected chi connectivity index (χ1v) is 3.43. The summed E-state index contributed by atoms with van der Waals surface area (Å²) in [6, 6.07) is -1.09. The predicted molar refractivity (Wildman–Crippen MR) is 40.3 cm³/mol. The average Bonchev–Trinajstić information content (AvgIpc) is 1.80. The lowest BCUT2D eigenvalue weighted by Gasteiger charge is -2.23. The van der Waals surface area contributed by atoms with E-state index in [-0.39, 0.29) is 5.54 Å². The van der Waals surface area contributed by atoms with Crippen LogP contribution in [0.25, 0.3) is 0 Å². The molecule has 0 aromatic rings. The van der Waals surface area contributed by atoms with Crippen LogP contribution in [0.1, 0.15) is 20.8 Å². The second kappa shape index (κ2) is 3.67. The van der Waals surface area contributed by atoms with Crippen LogP contribution in [0.15, 0.2) is 0 Å². The van der Waals surface area contributed by atoms with Crippen LogP contribution in [0.5, 0.6) is 0 Å². The summed E-state index contributed by atoms with van der Waals surface area (Å²) in [5, 5.41) is 11.1. The van der Waals surface area contributed by atoms with E-state index in [2.05, 4.69) is 5.32 Å². The van der Waals surface area contributed by atoms with Crippen molar-refractivity contribution in [2.75, 3.05) is 6.67 Å². The molecule has 0 aromatic heterocycles. The van der Waals surface area contributed by atoms with E-state index in [0.717, 1.165) is 0 Å². The summed E-state index contributed by atoms with van der Waals surface area (Å²) in [6.45, 7) is 4.49. The second-order valence-electron chi connectivity index (χ2n) is 3.44. The van der Waals surface area contributed by atoms with Crippen LogP contribution < -0.4 is 5.32 Å². The Kier molecular flexibility index (Phi) is 3.45. The smallest absolute Gasteiger partial charge is 0.323 e. The predicted octanol–water partition coefficient (Wildman–Crippen LogP) is 0.797. The highest BCUT2D eigenvalue weighted by atomic mass is 19.1. The molecule has 3 nitrogen and oxygen atoms in total. The van der Waals surface area contributed by atoms with Crippen molar-refractivity contribution in [3.63, 3.8) is 0 Å². The number of hydrogen-bond donors (Lipinski definition) is 2. The van der Waals surface area contributed by atoms with E-state index in [1.54, 1.807) is 20.8 Å². The summed E-state index contributed by atoms with van der Waals surface area (Å²) in [4.78, 5) is 10.3. The topological polar surface area (TPSA) is 49.3 Å². The van der Waals surface area contributed by atoms with Gasteiger partial charge < -0.3 is 5.11 Å². The first kappa shape index (κ1) is 10.4. The molecule has 0 aliphatic carbocycles. The summed E-state index contributed by atoms with van der Waals surface area (Å²) in [5.74, 6) is -1.15. The molecule has 0 rings (SSSR count). The minimum absolute atomic E-state index is 0.366. The molecule has 0 fully saturated rings. The van der Waals surface area contributed by atoms with Gasteiger partial charge in [0.25, 0.3) is 0 Å². The first-order chi connectivity index (χ1) is 4.87. The van der Waals surface area contributed by atoms with Crippen molar-refractivity contribution < 1.29 is 14.3 Å². The van der Waals surface area contributed by atoms with Crippen molar-refractivity contribution in [3.05, 3.63) is 0 Å². The Labute approximate surface area is 65.6 Å². The van der Waals surface area contributed by atoms with Gasteiger partial charge in [0, 0.05) is 5.54 Å². The molecular formula is C7H14FNO2. The van der Waals surface area contributed by atoms with Crippen LogP contribution in [0, 0.1) is 0 Å². The van der Waals surface area contributed by atoms with Crippen LogP contribution in [0.2, 0.25) is 0 Å². The number of aliphatic carboxylic acids is 1. The van der Waals surface area contributed by atoms with Gasteiger partial charge in [0.15, 0.2) is 0 Å². The molecule has 11 heavy (non-hydrogen) atoms. The molecule has 0 bridgehead atoms. The maximum absolute atomic E-state index is 12.0. The van der Waals surface area contributed by atoms with Gasteiger partial charge in [-0.25, -0.2) is 4.39 Å². The van der Waals surface area contributed by atoms with Crippen LogP contribution in [-0.4, -0.2) is 29.3 Å². The molecule has 4 heteroatoms. The number of nitrogens with one attached hydrogen (secondary N) is 1. The molecule has 0 spiro atoms. The number of halogens is 1. The van der Waals surface area contributed by atoms with E-state index < -0.39 is 18.7 Å². The fourth-order valence-corrected chi connectivity index (χ4v) is 0.689. The minimum Gasteiger partial charge on any atom is -0.480 e. The maximum atomic E-state index is 12.0. The molecule has 0 amide bonds. The number of hydrogen-bond acceptors (Lipinski definition) is 2. The molecule has 66 valence electrons. The normalized spacial score (nSPS) is 14.5. The van der Waals surface area contributed by atoms with Gasteiger partial charge in [-0.3, -0.25) is 10.1 Å². The molecular weight excluding hydrogens is 149 g/mol. The molecule has 1 atom stereocenters. The Morgan fingerprint density at radius 2 is 2.09 bits per heavy atom. The Morgan fingerprint density at radius 1 is 1.64 bits per heavy atom. The summed E-state index contributed by atoms with van der Waals surface area (Å²) in [5.41, 5.74) is -0.366. The second-order valence-corrected chi connectivity index (χ2v) is 3.44. The molecule has 0 saturated carbocycles. The Morgan fingerprint density at radius 3 is 2.18 bits per heavy atom. The highest BCUT2D eigenvalue weighted by Gasteiger charge is 2.22. The number of carbonyl (C=O) groups is 1. The Hall–Kier alpha value is -0.640. The zero-order valence-corrected chi connectivity index (χ0v) is 7.02. The number of rotatable bonds is 3. The molecule has 0 aliphatic rings. The van der Waals surface area contributed by atoms with Crippen molar-refractivity contribution in [1.29, 1.82) is 0 Å². The van der Waals surface area contributed by atoms with Crippen molar-refractivity contribution in [1.82, 2.24) is 5.32 Å². The van der Waals surface area contributed by atoms with E-state index >= 15 is 0 Å². The third-order valence-corrected chi connectivity index (χ3v) is 1.06. The summed E-state index contributed by atoms with van der Waals surface area (Å²) in [7, 11) is 0. The summed E-state index contributed by atoms with van der Waals surface area (Å²) in [6.07, 6.45) is 0. The van der Waals surface area contributed by atoms with E-state index in [4.69, 9.17) is 5.11 Å². The maximum Gasteiger partial charge on any atom is 0.323 e. The van der Waals surface area contributed by atoms with Gasteiger partial charge in [-0.2, -0.15) is 0 Å². The van der Waals surface area contributed by atoms with Gasteiger partial charge in [-0.15, -0.1) is 0 Å². The van der Waals surface area contributed by atoms with Gasteiger partial charge in [-0.05, 0) is 20.8 Å². The molecule has 1 unspecified atom stereocenters. The van der Waals surface area contributed by atoms with Gasteiger partial charge in [0.1, 0.15) is 12.7 Å². The number of alkyl halides is 1. The van der Waals surface area contributed by atoms with Gasteiger partial charge in [0.05, 0.1) is 0 Å². The summed E-state index contributed by atoms with van der Waals surface area (Å²) >= 11 is 0. The number of carboxylic acids is 1. The van der Waals surface area contributed by atoms with E-state index in [9.17, 15) is 9.18 Å². The number of carboxylic acid groups (broad SMARTS) is 1. The third kappa shape index (κ3) is 4.72. The third-order valence-electron chi connectivity index (χ3n) is 1.06. The van der Waals surface area contributed by atoms with Gasteiger partial charge in [0.2, 0.25) is 0 Å². The molecule has 0 radical (unpaired) electrons. The van der Waals surface area contributed by atoms with Crippen LogP contribution >= 0.6 is 0 Å². The highest BCUT2D eigenvalue weighted by molar-refractivity contribution is 5.73. The highest BCUT2D eigenvalue weighted by Crippen LogP contribution is 2.01. The monoisotopic (exact) mass is 163 g/mol. The molecule has 0 heterocycles. The van der Waals surface area contributed by atoms with E-state index in [1.807, 2.05) is 0 Å².